The molecular weight excluding hydrogens is 266 g/mol. The van der Waals surface area contributed by atoms with Crippen LogP contribution in [0.15, 0.2) is 54.6 Å². The van der Waals surface area contributed by atoms with Crippen LogP contribution in [0.3, 0.4) is 0 Å². The predicted octanol–water partition coefficient (Wildman–Crippen LogP) is 5.52. The van der Waals surface area contributed by atoms with Crippen molar-refractivity contribution in [3.8, 4) is 0 Å². The molecule has 22 heavy (non-hydrogen) atoms. The van der Waals surface area contributed by atoms with Crippen molar-refractivity contribution in [2.75, 3.05) is 0 Å². The zero-order chi connectivity index (χ0) is 14.6. The van der Waals surface area contributed by atoms with Crippen LogP contribution < -0.4 is 0 Å². The molecule has 3 aromatic rings. The van der Waals surface area contributed by atoms with Crippen LogP contribution in [0.1, 0.15) is 54.8 Å². The van der Waals surface area contributed by atoms with E-state index in [2.05, 4.69) is 59.6 Å². The Bertz CT molecular complexity index is 821. The summed E-state index contributed by atoms with van der Waals surface area (Å²) in [6.07, 6.45) is 6.81. The summed E-state index contributed by atoms with van der Waals surface area (Å²) in [5.41, 5.74) is 6.36. The second kappa shape index (κ2) is 4.49. The number of para-hydroxylation sites is 1. The standard InChI is InChI=1S/C21H21N/c1-2-8-15(9-3-1)17-14-21(12-6-7-13-21)19-16-10-4-5-11-18(16)22-20(17)19/h1-5,8-11,17,22H,6-7,12-14H2. The molecule has 1 nitrogen and oxygen atoms in total. The van der Waals surface area contributed by atoms with E-state index in [1.807, 2.05) is 0 Å². The average molecular weight is 287 g/mol. The van der Waals surface area contributed by atoms with E-state index in [0.717, 1.165) is 0 Å². The third kappa shape index (κ3) is 1.60. The van der Waals surface area contributed by atoms with Gasteiger partial charge in [-0.1, -0.05) is 61.4 Å². The highest BCUT2D eigenvalue weighted by molar-refractivity contribution is 5.87. The Balaban J connectivity index is 1.77. The van der Waals surface area contributed by atoms with Crippen molar-refractivity contribution in [3.63, 3.8) is 0 Å². The van der Waals surface area contributed by atoms with E-state index in [9.17, 15) is 0 Å². The molecule has 0 amide bonds. The van der Waals surface area contributed by atoms with Crippen molar-refractivity contribution in [2.45, 2.75) is 43.4 Å². The van der Waals surface area contributed by atoms with Gasteiger partial charge in [0, 0.05) is 22.5 Å². The van der Waals surface area contributed by atoms with Gasteiger partial charge in [0.25, 0.3) is 0 Å². The quantitative estimate of drug-likeness (QED) is 0.607. The smallest absolute Gasteiger partial charge is 0.0459 e. The molecule has 5 rings (SSSR count). The van der Waals surface area contributed by atoms with Gasteiger partial charge >= 0.3 is 0 Å². The Morgan fingerprint density at radius 2 is 1.59 bits per heavy atom. The Morgan fingerprint density at radius 3 is 2.41 bits per heavy atom. The number of hydrogen-bond acceptors (Lipinski definition) is 0. The molecule has 1 atom stereocenters. The second-order valence-corrected chi connectivity index (χ2v) is 7.11. The number of rotatable bonds is 1. The third-order valence-corrected chi connectivity index (χ3v) is 5.97. The largest absolute Gasteiger partial charge is 0.358 e. The van der Waals surface area contributed by atoms with Gasteiger partial charge in [-0.3, -0.25) is 0 Å². The summed E-state index contributed by atoms with van der Waals surface area (Å²) < 4.78 is 0. The van der Waals surface area contributed by atoms with Crippen LogP contribution in [0.25, 0.3) is 10.9 Å². The fraction of sp³-hybridized carbons (Fsp3) is 0.333. The van der Waals surface area contributed by atoms with Gasteiger partial charge in [0.2, 0.25) is 0 Å². The van der Waals surface area contributed by atoms with E-state index in [1.165, 1.54) is 54.3 Å². The molecule has 2 aliphatic rings. The number of nitrogens with one attached hydrogen (secondary N) is 1. The van der Waals surface area contributed by atoms with Crippen LogP contribution in [-0.4, -0.2) is 4.98 Å². The highest BCUT2D eigenvalue weighted by Gasteiger charge is 2.47. The number of fused-ring (bicyclic) bond motifs is 4. The van der Waals surface area contributed by atoms with Crippen molar-refractivity contribution >= 4 is 10.9 Å². The molecule has 1 N–H and O–H groups in total. The lowest BCUT2D eigenvalue weighted by atomic mass is 9.78. The highest BCUT2D eigenvalue weighted by Crippen LogP contribution is 2.58. The molecule has 0 aliphatic heterocycles. The zero-order valence-electron chi connectivity index (χ0n) is 12.8. The summed E-state index contributed by atoms with van der Waals surface area (Å²) in [5.74, 6) is 0.543. The zero-order valence-corrected chi connectivity index (χ0v) is 12.8. The molecule has 110 valence electrons. The summed E-state index contributed by atoms with van der Waals surface area (Å²) in [6, 6.07) is 20.0. The molecule has 1 heteroatoms. The Labute approximate surface area is 131 Å². The SMILES string of the molecule is c1ccc(C2CC3(CCCC3)c3c2[nH]c2ccccc32)cc1. The first-order valence-electron chi connectivity index (χ1n) is 8.53. The number of benzene rings is 2. The number of aromatic nitrogens is 1. The van der Waals surface area contributed by atoms with E-state index in [4.69, 9.17) is 0 Å². The molecule has 1 heterocycles. The summed E-state index contributed by atoms with van der Waals surface area (Å²) in [6.45, 7) is 0. The predicted molar refractivity (Wildman–Crippen MR) is 91.3 cm³/mol. The first-order valence-corrected chi connectivity index (χ1v) is 8.53. The minimum absolute atomic E-state index is 0.426. The summed E-state index contributed by atoms with van der Waals surface area (Å²) >= 11 is 0. The number of H-pyrrole nitrogens is 1. The first kappa shape index (κ1) is 12.5. The van der Waals surface area contributed by atoms with Gasteiger partial charge in [-0.25, -0.2) is 0 Å². The fourth-order valence-corrected chi connectivity index (χ4v) is 5.07. The molecule has 2 aromatic carbocycles. The van der Waals surface area contributed by atoms with Crippen LogP contribution in [0, 0.1) is 0 Å². The van der Waals surface area contributed by atoms with Crippen molar-refractivity contribution in [1.29, 1.82) is 0 Å². The lowest BCUT2D eigenvalue weighted by Gasteiger charge is -2.25. The van der Waals surface area contributed by atoms with Gasteiger partial charge in [0.15, 0.2) is 0 Å². The summed E-state index contributed by atoms with van der Waals surface area (Å²) in [4.78, 5) is 3.78. The molecular formula is C21H21N. The molecule has 1 fully saturated rings. The summed E-state index contributed by atoms with van der Waals surface area (Å²) in [5, 5.41) is 1.47. The second-order valence-electron chi connectivity index (χ2n) is 7.11. The van der Waals surface area contributed by atoms with E-state index in [0.29, 0.717) is 11.3 Å². The first-order chi connectivity index (χ1) is 10.9. The Kier molecular flexibility index (Phi) is 2.55. The molecule has 1 aromatic heterocycles. The molecule has 0 bridgehead atoms. The van der Waals surface area contributed by atoms with Crippen LogP contribution in [0.5, 0.6) is 0 Å². The maximum Gasteiger partial charge on any atom is 0.0459 e. The normalized spacial score (nSPS) is 22.5. The third-order valence-electron chi connectivity index (χ3n) is 5.97. The highest BCUT2D eigenvalue weighted by atomic mass is 14.8. The lowest BCUT2D eigenvalue weighted by molar-refractivity contribution is 0.425. The van der Waals surface area contributed by atoms with Gasteiger partial charge in [0.1, 0.15) is 0 Å². The molecule has 0 saturated heterocycles. The van der Waals surface area contributed by atoms with Gasteiger partial charge in [-0.2, -0.15) is 0 Å². The van der Waals surface area contributed by atoms with Crippen LogP contribution >= 0.6 is 0 Å². The van der Waals surface area contributed by atoms with Crippen LogP contribution in [0.2, 0.25) is 0 Å². The number of hydrogen-bond donors (Lipinski definition) is 1. The van der Waals surface area contributed by atoms with Crippen molar-refractivity contribution in [1.82, 2.24) is 4.98 Å². The monoisotopic (exact) mass is 287 g/mol. The van der Waals surface area contributed by atoms with Gasteiger partial charge in [-0.15, -0.1) is 0 Å². The van der Waals surface area contributed by atoms with Crippen molar-refractivity contribution in [2.24, 2.45) is 0 Å². The van der Waals surface area contributed by atoms with E-state index in [-0.39, 0.29) is 0 Å². The maximum atomic E-state index is 3.78. The van der Waals surface area contributed by atoms with Gasteiger partial charge < -0.3 is 4.98 Å². The van der Waals surface area contributed by atoms with Crippen molar-refractivity contribution in [3.05, 3.63) is 71.4 Å². The van der Waals surface area contributed by atoms with Gasteiger partial charge in [0.05, 0.1) is 0 Å². The van der Waals surface area contributed by atoms with E-state index >= 15 is 0 Å². The fourth-order valence-electron chi connectivity index (χ4n) is 5.07. The van der Waals surface area contributed by atoms with Crippen LogP contribution in [0.4, 0.5) is 0 Å². The topological polar surface area (TPSA) is 15.8 Å². The average Bonchev–Trinajstić information content (AvgIpc) is 3.25. The summed E-state index contributed by atoms with van der Waals surface area (Å²) in [7, 11) is 0. The molecule has 1 saturated carbocycles. The molecule has 0 radical (unpaired) electrons. The molecule has 2 aliphatic carbocycles. The van der Waals surface area contributed by atoms with Gasteiger partial charge in [-0.05, 0) is 41.9 Å². The Morgan fingerprint density at radius 1 is 0.864 bits per heavy atom. The van der Waals surface area contributed by atoms with Crippen LogP contribution in [-0.2, 0) is 5.41 Å². The van der Waals surface area contributed by atoms with E-state index in [1.54, 1.807) is 5.56 Å². The molecule has 1 unspecified atom stereocenters. The maximum absolute atomic E-state index is 3.78. The van der Waals surface area contributed by atoms with Crippen molar-refractivity contribution < 1.29 is 0 Å². The Hall–Kier alpha value is -2.02. The molecule has 1 spiro atoms. The minimum Gasteiger partial charge on any atom is -0.358 e. The minimum atomic E-state index is 0.426. The van der Waals surface area contributed by atoms with E-state index < -0.39 is 0 Å². The number of aromatic amines is 1. The lowest BCUT2D eigenvalue weighted by Crippen LogP contribution is -2.18.